The molecule has 6 heteroatoms. The molecule has 2 aromatic rings. The van der Waals surface area contributed by atoms with Gasteiger partial charge in [-0.3, -0.25) is 10.1 Å². The number of fused-ring (bicyclic) bond motifs is 1. The fourth-order valence-electron chi connectivity index (χ4n) is 2.43. The highest BCUT2D eigenvalue weighted by molar-refractivity contribution is 7.99. The van der Waals surface area contributed by atoms with Crippen LogP contribution in [0, 0.1) is 0 Å². The molecule has 0 spiro atoms. The molecule has 1 amide bonds. The first-order valence-electron chi connectivity index (χ1n) is 7.05. The number of carbonyl (C=O) groups is 1. The van der Waals surface area contributed by atoms with Gasteiger partial charge in [-0.2, -0.15) is 0 Å². The van der Waals surface area contributed by atoms with Gasteiger partial charge in [0.2, 0.25) is 5.91 Å². The number of rotatable bonds is 4. The number of hydrogen-bond acceptors (Lipinski definition) is 4. The maximum atomic E-state index is 12.4. The van der Waals surface area contributed by atoms with Crippen LogP contribution in [0.5, 0.6) is 0 Å². The van der Waals surface area contributed by atoms with Crippen LogP contribution in [0.4, 0.5) is 5.69 Å². The molecule has 0 radical (unpaired) electrons. The number of hydrogen-bond donors (Lipinski definition) is 3. The molecule has 1 unspecified atom stereocenters. The molecule has 3 N–H and O–H groups in total. The van der Waals surface area contributed by atoms with Gasteiger partial charge in [0.1, 0.15) is 0 Å². The Morgan fingerprint density at radius 2 is 2.33 bits per heavy atom. The number of carbonyl (C=O) groups excluding carboxylic acids is 1. The van der Waals surface area contributed by atoms with Crippen LogP contribution in [0.3, 0.4) is 0 Å². The van der Waals surface area contributed by atoms with Gasteiger partial charge in [0.05, 0.1) is 29.4 Å². The van der Waals surface area contributed by atoms with Crippen molar-refractivity contribution in [1.29, 1.82) is 0 Å². The van der Waals surface area contributed by atoms with Crippen molar-refractivity contribution in [3.63, 3.8) is 0 Å². The number of thioether (sulfide) groups is 1. The second kappa shape index (κ2) is 6.32. The van der Waals surface area contributed by atoms with Crippen LogP contribution in [0.15, 0.2) is 35.5 Å². The van der Waals surface area contributed by atoms with E-state index in [0.717, 1.165) is 27.7 Å². The highest BCUT2D eigenvalue weighted by atomic mass is 32.2. The van der Waals surface area contributed by atoms with Crippen LogP contribution < -0.4 is 10.6 Å². The molecule has 0 bridgehead atoms. The Bertz CT molecular complexity index is 640. The molecule has 0 aliphatic carbocycles. The number of anilines is 1. The number of nitrogens with zero attached hydrogens (tertiary/aromatic N) is 1. The van der Waals surface area contributed by atoms with Crippen LogP contribution in [0.1, 0.15) is 18.3 Å². The molecule has 1 atom stereocenters. The monoisotopic (exact) mass is 302 g/mol. The lowest BCUT2D eigenvalue weighted by Crippen LogP contribution is -2.44. The van der Waals surface area contributed by atoms with Crippen molar-refractivity contribution >= 4 is 23.4 Å². The standard InChI is InChI=1S/C15H18N4OS/c1-2-21-14-6-4-3-5-10(14)19-15(20)12-7-11-13(8-16-12)18-9-17-11/h3-6,9,12,16H,2,7-8H2,1H3,(H,17,18)(H,19,20). The average molecular weight is 302 g/mol. The van der Waals surface area contributed by atoms with Crippen molar-refractivity contribution in [1.82, 2.24) is 15.3 Å². The summed E-state index contributed by atoms with van der Waals surface area (Å²) in [5.41, 5.74) is 2.93. The minimum atomic E-state index is -0.236. The summed E-state index contributed by atoms with van der Waals surface area (Å²) < 4.78 is 0. The van der Waals surface area contributed by atoms with Gasteiger partial charge in [-0.15, -0.1) is 11.8 Å². The normalized spacial score (nSPS) is 17.3. The van der Waals surface area contributed by atoms with Gasteiger partial charge in [-0.05, 0) is 17.9 Å². The van der Waals surface area contributed by atoms with Crippen molar-refractivity contribution in [2.75, 3.05) is 11.1 Å². The van der Waals surface area contributed by atoms with E-state index in [0.29, 0.717) is 13.0 Å². The van der Waals surface area contributed by atoms with E-state index in [1.165, 1.54) is 0 Å². The van der Waals surface area contributed by atoms with Crippen molar-refractivity contribution < 1.29 is 4.79 Å². The average Bonchev–Trinajstić information content (AvgIpc) is 2.97. The minimum absolute atomic E-state index is 0.00666. The third-order valence-corrected chi connectivity index (χ3v) is 4.45. The van der Waals surface area contributed by atoms with Gasteiger partial charge in [-0.1, -0.05) is 19.1 Å². The third kappa shape index (κ3) is 3.11. The molecule has 1 aromatic heterocycles. The SMILES string of the molecule is CCSc1ccccc1NC(=O)C1Cc2nc[nH]c2CN1. The Kier molecular flexibility index (Phi) is 4.26. The van der Waals surface area contributed by atoms with E-state index in [-0.39, 0.29) is 11.9 Å². The topological polar surface area (TPSA) is 69.8 Å². The van der Waals surface area contributed by atoms with Gasteiger partial charge in [0.15, 0.2) is 0 Å². The Labute approximate surface area is 127 Å². The molecule has 1 aliphatic heterocycles. The summed E-state index contributed by atoms with van der Waals surface area (Å²) in [6, 6.07) is 7.67. The number of aromatic nitrogens is 2. The molecule has 110 valence electrons. The Hall–Kier alpha value is -1.79. The summed E-state index contributed by atoms with van der Waals surface area (Å²) in [5.74, 6) is 0.971. The van der Waals surface area contributed by atoms with Gasteiger partial charge in [0.25, 0.3) is 0 Å². The van der Waals surface area contributed by atoms with Crippen LogP contribution in [0.2, 0.25) is 0 Å². The van der Waals surface area contributed by atoms with E-state index in [1.54, 1.807) is 18.1 Å². The maximum Gasteiger partial charge on any atom is 0.241 e. The predicted molar refractivity (Wildman–Crippen MR) is 84.4 cm³/mol. The van der Waals surface area contributed by atoms with E-state index in [9.17, 15) is 4.79 Å². The zero-order valence-corrected chi connectivity index (χ0v) is 12.7. The van der Waals surface area contributed by atoms with Crippen molar-refractivity contribution in [3.05, 3.63) is 42.0 Å². The Balaban J connectivity index is 1.70. The fourth-order valence-corrected chi connectivity index (χ4v) is 3.19. The zero-order valence-electron chi connectivity index (χ0n) is 11.8. The smallest absolute Gasteiger partial charge is 0.241 e. The summed E-state index contributed by atoms with van der Waals surface area (Å²) >= 11 is 1.73. The lowest BCUT2D eigenvalue weighted by Gasteiger charge is -2.22. The van der Waals surface area contributed by atoms with Crippen LogP contribution in [0.25, 0.3) is 0 Å². The number of H-pyrrole nitrogens is 1. The predicted octanol–water partition coefficient (Wildman–Crippen LogP) is 2.17. The van der Waals surface area contributed by atoms with Gasteiger partial charge >= 0.3 is 0 Å². The fraction of sp³-hybridized carbons (Fsp3) is 0.333. The van der Waals surface area contributed by atoms with E-state index < -0.39 is 0 Å². The number of para-hydroxylation sites is 1. The van der Waals surface area contributed by atoms with Crippen LogP contribution in [-0.2, 0) is 17.8 Å². The van der Waals surface area contributed by atoms with Crippen LogP contribution in [-0.4, -0.2) is 27.7 Å². The summed E-state index contributed by atoms with van der Waals surface area (Å²) in [6.45, 7) is 2.75. The molecule has 1 aliphatic rings. The summed E-state index contributed by atoms with van der Waals surface area (Å²) in [4.78, 5) is 20.9. The first-order valence-corrected chi connectivity index (χ1v) is 8.03. The molecule has 0 fully saturated rings. The lowest BCUT2D eigenvalue weighted by molar-refractivity contribution is -0.118. The molecule has 2 heterocycles. The molecule has 3 rings (SSSR count). The number of imidazole rings is 1. The second-order valence-corrected chi connectivity index (χ2v) is 6.19. The first-order chi connectivity index (χ1) is 10.3. The van der Waals surface area contributed by atoms with Crippen LogP contribution >= 0.6 is 11.8 Å². The van der Waals surface area contributed by atoms with E-state index >= 15 is 0 Å². The lowest BCUT2D eigenvalue weighted by atomic mass is 10.0. The highest BCUT2D eigenvalue weighted by Gasteiger charge is 2.26. The highest BCUT2D eigenvalue weighted by Crippen LogP contribution is 2.27. The molecule has 21 heavy (non-hydrogen) atoms. The number of benzene rings is 1. The summed E-state index contributed by atoms with van der Waals surface area (Å²) in [7, 11) is 0. The molecule has 5 nitrogen and oxygen atoms in total. The molecular weight excluding hydrogens is 284 g/mol. The van der Waals surface area contributed by atoms with Crippen molar-refractivity contribution in [2.45, 2.75) is 30.8 Å². The summed E-state index contributed by atoms with van der Waals surface area (Å²) in [5, 5.41) is 6.27. The first kappa shape index (κ1) is 14.2. The van der Waals surface area contributed by atoms with Gasteiger partial charge in [-0.25, -0.2) is 4.98 Å². The van der Waals surface area contributed by atoms with E-state index in [2.05, 4.69) is 27.5 Å². The molecular formula is C15H18N4OS. The van der Waals surface area contributed by atoms with Gasteiger partial charge < -0.3 is 10.3 Å². The van der Waals surface area contributed by atoms with E-state index in [1.807, 2.05) is 24.3 Å². The number of nitrogens with one attached hydrogen (secondary N) is 3. The summed E-state index contributed by atoms with van der Waals surface area (Å²) in [6.07, 6.45) is 2.30. The largest absolute Gasteiger partial charge is 0.347 e. The van der Waals surface area contributed by atoms with Crippen molar-refractivity contribution in [3.8, 4) is 0 Å². The molecule has 1 aromatic carbocycles. The number of amides is 1. The Morgan fingerprint density at radius 3 is 3.19 bits per heavy atom. The van der Waals surface area contributed by atoms with E-state index in [4.69, 9.17) is 0 Å². The third-order valence-electron chi connectivity index (χ3n) is 3.49. The van der Waals surface area contributed by atoms with Crippen molar-refractivity contribution in [2.24, 2.45) is 0 Å². The zero-order chi connectivity index (χ0) is 14.7. The second-order valence-electron chi connectivity index (χ2n) is 4.88. The van der Waals surface area contributed by atoms with Gasteiger partial charge in [0, 0.05) is 17.9 Å². The number of aromatic amines is 1. The minimum Gasteiger partial charge on any atom is -0.347 e. The molecule has 0 saturated heterocycles. The molecule has 0 saturated carbocycles. The quantitative estimate of drug-likeness (QED) is 0.757. The maximum absolute atomic E-state index is 12.4. The Morgan fingerprint density at radius 1 is 1.48 bits per heavy atom.